The van der Waals surface area contributed by atoms with Gasteiger partial charge < -0.3 is 19.7 Å². The Morgan fingerprint density at radius 2 is 1.55 bits per heavy atom. The van der Waals surface area contributed by atoms with Crippen LogP contribution in [0.2, 0.25) is 10.0 Å². The maximum atomic E-state index is 14.2. The van der Waals surface area contributed by atoms with Crippen LogP contribution < -0.4 is 19.1 Å². The Labute approximate surface area is 267 Å². The van der Waals surface area contributed by atoms with Gasteiger partial charge >= 0.3 is 0 Å². The van der Waals surface area contributed by atoms with Gasteiger partial charge in [0.2, 0.25) is 11.8 Å². The van der Waals surface area contributed by atoms with Crippen LogP contribution in [0.25, 0.3) is 0 Å². The van der Waals surface area contributed by atoms with Crippen molar-refractivity contribution in [2.24, 2.45) is 0 Å². The summed E-state index contributed by atoms with van der Waals surface area (Å²) in [5, 5.41) is 3.46. The standard InChI is InChI=1S/C31H36Cl2FN3O6S/c1-6-20(3)35-31(39)27(7-2)36(18-24-25(32)9-8-10-26(24)33)30(38)19-37(22-13-11-21(34)12-14-22)44(40,41)23-15-16-28(42-4)29(17-23)43-5/h8-17,20,27H,6-7,18-19H2,1-5H3,(H,35,39)/t20-,27+/m1/s1. The first-order valence-electron chi connectivity index (χ1n) is 13.9. The normalized spacial score (nSPS) is 12.6. The van der Waals surface area contributed by atoms with Crippen LogP contribution in [-0.2, 0) is 26.2 Å². The summed E-state index contributed by atoms with van der Waals surface area (Å²) in [4.78, 5) is 28.7. The van der Waals surface area contributed by atoms with Crippen molar-refractivity contribution in [3.05, 3.63) is 82.1 Å². The third-order valence-corrected chi connectivity index (χ3v) is 9.59. The summed E-state index contributed by atoms with van der Waals surface area (Å²) in [6, 6.07) is 12.4. The lowest BCUT2D eigenvalue weighted by atomic mass is 10.1. The molecule has 0 saturated carbocycles. The molecule has 0 aliphatic carbocycles. The zero-order chi connectivity index (χ0) is 32.6. The van der Waals surface area contributed by atoms with Crippen molar-refractivity contribution in [1.82, 2.24) is 10.2 Å². The van der Waals surface area contributed by atoms with Crippen molar-refractivity contribution < 1.29 is 31.9 Å². The maximum Gasteiger partial charge on any atom is 0.264 e. The van der Waals surface area contributed by atoms with Crippen LogP contribution >= 0.6 is 23.2 Å². The lowest BCUT2D eigenvalue weighted by molar-refractivity contribution is -0.140. The summed E-state index contributed by atoms with van der Waals surface area (Å²) < 4.78 is 53.5. The van der Waals surface area contributed by atoms with E-state index in [1.54, 1.807) is 25.1 Å². The van der Waals surface area contributed by atoms with Gasteiger partial charge in [-0.3, -0.25) is 13.9 Å². The zero-order valence-corrected chi connectivity index (χ0v) is 27.5. The molecule has 2 amide bonds. The first kappa shape index (κ1) is 34.9. The van der Waals surface area contributed by atoms with E-state index in [9.17, 15) is 22.4 Å². The van der Waals surface area contributed by atoms with Crippen LogP contribution in [0.1, 0.15) is 39.2 Å². The minimum Gasteiger partial charge on any atom is -0.493 e. The lowest BCUT2D eigenvalue weighted by Gasteiger charge is -2.34. The quantitative estimate of drug-likeness (QED) is 0.224. The molecule has 0 heterocycles. The van der Waals surface area contributed by atoms with Crippen molar-refractivity contribution in [3.63, 3.8) is 0 Å². The molecule has 13 heteroatoms. The van der Waals surface area contributed by atoms with Gasteiger partial charge in [0.15, 0.2) is 11.5 Å². The van der Waals surface area contributed by atoms with Gasteiger partial charge in [-0.15, -0.1) is 0 Å². The fraction of sp³-hybridized carbons (Fsp3) is 0.355. The molecule has 44 heavy (non-hydrogen) atoms. The van der Waals surface area contributed by atoms with Crippen LogP contribution in [0.4, 0.5) is 10.1 Å². The van der Waals surface area contributed by atoms with Crippen LogP contribution in [0.15, 0.2) is 65.6 Å². The first-order chi connectivity index (χ1) is 20.9. The molecule has 0 saturated heterocycles. The Balaban J connectivity index is 2.13. The molecule has 0 radical (unpaired) electrons. The van der Waals surface area contributed by atoms with Gasteiger partial charge in [0.25, 0.3) is 10.0 Å². The van der Waals surface area contributed by atoms with E-state index in [2.05, 4.69) is 5.32 Å². The number of carbonyl (C=O) groups excluding carboxylic acids is 2. The number of rotatable bonds is 14. The highest BCUT2D eigenvalue weighted by molar-refractivity contribution is 7.92. The third kappa shape index (κ3) is 8.13. The van der Waals surface area contributed by atoms with Crippen LogP contribution in [0.3, 0.4) is 0 Å². The summed E-state index contributed by atoms with van der Waals surface area (Å²) in [5.41, 5.74) is 0.428. The first-order valence-corrected chi connectivity index (χ1v) is 16.1. The molecule has 3 rings (SSSR count). The number of nitrogens with one attached hydrogen (secondary N) is 1. The van der Waals surface area contributed by atoms with Crippen molar-refractivity contribution in [2.45, 2.75) is 57.1 Å². The molecule has 2 atom stereocenters. The molecule has 3 aromatic rings. The average molecular weight is 669 g/mol. The number of sulfonamides is 1. The van der Waals surface area contributed by atoms with Crippen molar-refractivity contribution in [1.29, 1.82) is 0 Å². The van der Waals surface area contributed by atoms with Gasteiger partial charge in [0.05, 0.1) is 24.8 Å². The molecule has 9 nitrogen and oxygen atoms in total. The van der Waals surface area contributed by atoms with Crippen molar-refractivity contribution in [3.8, 4) is 11.5 Å². The zero-order valence-electron chi connectivity index (χ0n) is 25.1. The summed E-state index contributed by atoms with van der Waals surface area (Å²) in [6.07, 6.45) is 0.878. The number of methoxy groups -OCH3 is 2. The molecular formula is C31H36Cl2FN3O6S. The Morgan fingerprint density at radius 1 is 0.932 bits per heavy atom. The average Bonchev–Trinajstić information content (AvgIpc) is 3.00. The number of halogens is 3. The van der Waals surface area contributed by atoms with E-state index in [0.29, 0.717) is 17.7 Å². The van der Waals surface area contributed by atoms with E-state index in [1.165, 1.54) is 49.5 Å². The maximum absolute atomic E-state index is 14.2. The topological polar surface area (TPSA) is 105 Å². The number of ether oxygens (including phenoxy) is 2. The SMILES string of the molecule is CC[C@@H](C)NC(=O)[C@H](CC)N(Cc1c(Cl)cccc1Cl)C(=O)CN(c1ccc(F)cc1)S(=O)(=O)c1ccc(OC)c(OC)c1. The van der Waals surface area contributed by atoms with Gasteiger partial charge in [-0.2, -0.15) is 0 Å². The molecule has 0 fully saturated rings. The molecule has 3 aromatic carbocycles. The lowest BCUT2D eigenvalue weighted by Crippen LogP contribution is -2.53. The molecule has 0 aliphatic rings. The number of anilines is 1. The molecule has 0 bridgehead atoms. The number of amides is 2. The second kappa shape index (κ2) is 15.5. The summed E-state index contributed by atoms with van der Waals surface area (Å²) in [7, 11) is -1.67. The molecule has 0 spiro atoms. The Bertz CT molecular complexity index is 1550. The van der Waals surface area contributed by atoms with Gasteiger partial charge in [-0.1, -0.05) is 43.1 Å². The minimum absolute atomic E-state index is 0.0300. The fourth-order valence-electron chi connectivity index (χ4n) is 4.45. The highest BCUT2D eigenvalue weighted by Gasteiger charge is 2.35. The molecule has 1 N–H and O–H groups in total. The third-order valence-electron chi connectivity index (χ3n) is 7.11. The molecule has 0 aromatic heterocycles. The Kier molecular flexibility index (Phi) is 12.3. The second-order valence-corrected chi connectivity index (χ2v) is 12.6. The molecule has 238 valence electrons. The number of hydrogen-bond acceptors (Lipinski definition) is 6. The van der Waals surface area contributed by atoms with E-state index < -0.39 is 40.2 Å². The summed E-state index contributed by atoms with van der Waals surface area (Å²) in [6.45, 7) is 4.61. The molecular weight excluding hydrogens is 632 g/mol. The van der Waals surface area contributed by atoms with E-state index in [0.717, 1.165) is 16.4 Å². The molecule has 0 aliphatic heterocycles. The second-order valence-electron chi connectivity index (χ2n) is 9.97. The van der Waals surface area contributed by atoms with E-state index >= 15 is 0 Å². The van der Waals surface area contributed by atoms with E-state index in [-0.39, 0.29) is 45.4 Å². The highest BCUT2D eigenvalue weighted by Crippen LogP contribution is 2.33. The van der Waals surface area contributed by atoms with Gasteiger partial charge in [0, 0.05) is 34.3 Å². The van der Waals surface area contributed by atoms with Crippen molar-refractivity contribution in [2.75, 3.05) is 25.1 Å². The minimum atomic E-state index is -4.44. The fourth-order valence-corrected chi connectivity index (χ4v) is 6.40. The summed E-state index contributed by atoms with van der Waals surface area (Å²) in [5.74, 6) is -1.25. The highest BCUT2D eigenvalue weighted by atomic mass is 35.5. The monoisotopic (exact) mass is 667 g/mol. The Morgan fingerprint density at radius 3 is 2.09 bits per heavy atom. The largest absolute Gasteiger partial charge is 0.493 e. The number of carbonyl (C=O) groups is 2. The van der Waals surface area contributed by atoms with Crippen LogP contribution in [0, 0.1) is 5.82 Å². The Hall–Kier alpha value is -3.54. The van der Waals surface area contributed by atoms with E-state index in [4.69, 9.17) is 32.7 Å². The van der Waals surface area contributed by atoms with Crippen molar-refractivity contribution >= 4 is 50.7 Å². The smallest absolute Gasteiger partial charge is 0.264 e. The number of hydrogen-bond donors (Lipinski definition) is 1. The predicted molar refractivity (Wildman–Crippen MR) is 169 cm³/mol. The number of benzene rings is 3. The number of nitrogens with zero attached hydrogens (tertiary/aromatic N) is 2. The van der Waals surface area contributed by atoms with Gasteiger partial charge in [-0.25, -0.2) is 12.8 Å². The van der Waals surface area contributed by atoms with Gasteiger partial charge in [0.1, 0.15) is 18.4 Å². The summed E-state index contributed by atoms with van der Waals surface area (Å²) >= 11 is 12.9. The van der Waals surface area contributed by atoms with Crippen LogP contribution in [-0.4, -0.2) is 58.0 Å². The predicted octanol–water partition coefficient (Wildman–Crippen LogP) is 6.07. The van der Waals surface area contributed by atoms with Crippen LogP contribution in [0.5, 0.6) is 11.5 Å². The van der Waals surface area contributed by atoms with E-state index in [1.807, 2.05) is 13.8 Å². The van der Waals surface area contributed by atoms with Gasteiger partial charge in [-0.05, 0) is 68.3 Å². The molecule has 0 unspecified atom stereocenters.